The molecule has 0 saturated heterocycles. The third-order valence-electron chi connectivity index (χ3n) is 3.49. The standard InChI is InChI=1S/C17H20N2O2/c1-3-12-4-7-16(15(18)9-12)21-10-14-6-5-13(17(19)20)8-11(14)2/h4-9H,3,10,18H2,1-2H3,(H2,19,20). The van der Waals surface area contributed by atoms with Gasteiger partial charge in [0.1, 0.15) is 12.4 Å². The van der Waals surface area contributed by atoms with Crippen molar-refractivity contribution in [2.45, 2.75) is 26.9 Å². The SMILES string of the molecule is CCc1ccc(OCc2ccc(C(N)=O)cc2C)c(N)c1. The molecule has 0 aromatic heterocycles. The fourth-order valence-electron chi connectivity index (χ4n) is 2.12. The van der Waals surface area contributed by atoms with Gasteiger partial charge in [0.25, 0.3) is 0 Å². The topological polar surface area (TPSA) is 78.3 Å². The van der Waals surface area contributed by atoms with E-state index in [1.165, 1.54) is 5.56 Å². The number of amides is 1. The Kier molecular flexibility index (Phi) is 4.48. The van der Waals surface area contributed by atoms with Crippen LogP contribution in [0, 0.1) is 6.92 Å². The summed E-state index contributed by atoms with van der Waals surface area (Å²) >= 11 is 0. The number of carbonyl (C=O) groups excluding carboxylic acids is 1. The summed E-state index contributed by atoms with van der Waals surface area (Å²) in [6.45, 7) is 4.41. The van der Waals surface area contributed by atoms with Crippen LogP contribution in [0.25, 0.3) is 0 Å². The summed E-state index contributed by atoms with van der Waals surface area (Å²) in [5, 5.41) is 0. The van der Waals surface area contributed by atoms with E-state index in [2.05, 4.69) is 6.92 Å². The van der Waals surface area contributed by atoms with Gasteiger partial charge in [0.2, 0.25) is 5.91 Å². The average molecular weight is 284 g/mol. The molecular weight excluding hydrogens is 264 g/mol. The molecule has 0 spiro atoms. The zero-order valence-corrected chi connectivity index (χ0v) is 12.3. The van der Waals surface area contributed by atoms with E-state index in [1.54, 1.807) is 12.1 Å². The van der Waals surface area contributed by atoms with Crippen LogP contribution in [-0.4, -0.2) is 5.91 Å². The molecular formula is C17H20N2O2. The molecule has 4 nitrogen and oxygen atoms in total. The van der Waals surface area contributed by atoms with Gasteiger partial charge >= 0.3 is 0 Å². The molecule has 2 rings (SSSR count). The molecule has 0 radical (unpaired) electrons. The van der Waals surface area contributed by atoms with Gasteiger partial charge in [0, 0.05) is 5.56 Å². The minimum atomic E-state index is -0.426. The Hall–Kier alpha value is -2.49. The van der Waals surface area contributed by atoms with Gasteiger partial charge in [0.15, 0.2) is 0 Å². The Morgan fingerprint density at radius 3 is 2.52 bits per heavy atom. The fraction of sp³-hybridized carbons (Fsp3) is 0.235. The van der Waals surface area contributed by atoms with Crippen molar-refractivity contribution in [3.63, 3.8) is 0 Å². The van der Waals surface area contributed by atoms with E-state index >= 15 is 0 Å². The highest BCUT2D eigenvalue weighted by atomic mass is 16.5. The van der Waals surface area contributed by atoms with Crippen molar-refractivity contribution in [2.75, 3.05) is 5.73 Å². The minimum absolute atomic E-state index is 0.403. The molecule has 0 saturated carbocycles. The highest BCUT2D eigenvalue weighted by Crippen LogP contribution is 2.24. The van der Waals surface area contributed by atoms with Crippen LogP contribution in [0.1, 0.15) is 34.0 Å². The zero-order valence-electron chi connectivity index (χ0n) is 12.3. The Labute approximate surface area is 124 Å². The van der Waals surface area contributed by atoms with Crippen molar-refractivity contribution in [3.05, 3.63) is 58.7 Å². The highest BCUT2D eigenvalue weighted by molar-refractivity contribution is 5.93. The molecule has 110 valence electrons. The number of hydrogen-bond donors (Lipinski definition) is 2. The lowest BCUT2D eigenvalue weighted by Crippen LogP contribution is -2.11. The first-order chi connectivity index (χ1) is 10.0. The van der Waals surface area contributed by atoms with E-state index in [4.69, 9.17) is 16.2 Å². The Morgan fingerprint density at radius 1 is 1.19 bits per heavy atom. The maximum Gasteiger partial charge on any atom is 0.248 e. The smallest absolute Gasteiger partial charge is 0.248 e. The van der Waals surface area contributed by atoms with Crippen LogP contribution >= 0.6 is 0 Å². The van der Waals surface area contributed by atoms with Crippen molar-refractivity contribution in [2.24, 2.45) is 5.73 Å². The predicted octanol–water partition coefficient (Wildman–Crippen LogP) is 2.82. The van der Waals surface area contributed by atoms with Crippen molar-refractivity contribution >= 4 is 11.6 Å². The van der Waals surface area contributed by atoms with Crippen molar-refractivity contribution < 1.29 is 9.53 Å². The summed E-state index contributed by atoms with van der Waals surface area (Å²) in [5.41, 5.74) is 15.5. The maximum atomic E-state index is 11.1. The number of benzene rings is 2. The lowest BCUT2D eigenvalue weighted by Gasteiger charge is -2.12. The molecule has 0 aliphatic rings. The molecule has 4 heteroatoms. The number of anilines is 1. The first-order valence-corrected chi connectivity index (χ1v) is 6.91. The molecule has 4 N–H and O–H groups in total. The van der Waals surface area contributed by atoms with Gasteiger partial charge < -0.3 is 16.2 Å². The number of ether oxygens (including phenoxy) is 1. The van der Waals surface area contributed by atoms with Crippen LogP contribution < -0.4 is 16.2 Å². The van der Waals surface area contributed by atoms with Crippen LogP contribution in [0.15, 0.2) is 36.4 Å². The summed E-state index contributed by atoms with van der Waals surface area (Å²) in [6, 6.07) is 11.2. The Morgan fingerprint density at radius 2 is 1.95 bits per heavy atom. The molecule has 0 unspecified atom stereocenters. The monoisotopic (exact) mass is 284 g/mol. The van der Waals surface area contributed by atoms with Crippen molar-refractivity contribution in [1.29, 1.82) is 0 Å². The lowest BCUT2D eigenvalue weighted by molar-refractivity contribution is 0.1000. The van der Waals surface area contributed by atoms with E-state index in [-0.39, 0.29) is 0 Å². The summed E-state index contributed by atoms with van der Waals surface area (Å²) in [4.78, 5) is 11.1. The molecule has 0 fully saturated rings. The van der Waals surface area contributed by atoms with E-state index in [1.807, 2.05) is 31.2 Å². The average Bonchev–Trinajstić information content (AvgIpc) is 2.46. The second-order valence-electron chi connectivity index (χ2n) is 5.02. The molecule has 0 bridgehead atoms. The van der Waals surface area contributed by atoms with Crippen LogP contribution in [0.4, 0.5) is 5.69 Å². The Bertz CT molecular complexity index is 666. The van der Waals surface area contributed by atoms with E-state index in [9.17, 15) is 4.79 Å². The number of hydrogen-bond acceptors (Lipinski definition) is 3. The van der Waals surface area contributed by atoms with Gasteiger partial charge in [-0.25, -0.2) is 0 Å². The zero-order chi connectivity index (χ0) is 15.4. The van der Waals surface area contributed by atoms with Gasteiger partial charge in [-0.05, 0) is 54.3 Å². The van der Waals surface area contributed by atoms with Crippen molar-refractivity contribution in [1.82, 2.24) is 0 Å². The molecule has 2 aromatic rings. The highest BCUT2D eigenvalue weighted by Gasteiger charge is 2.06. The fourth-order valence-corrected chi connectivity index (χ4v) is 2.12. The maximum absolute atomic E-state index is 11.1. The van der Waals surface area contributed by atoms with Gasteiger partial charge in [-0.15, -0.1) is 0 Å². The second-order valence-corrected chi connectivity index (χ2v) is 5.02. The van der Waals surface area contributed by atoms with Crippen LogP contribution in [-0.2, 0) is 13.0 Å². The third kappa shape index (κ3) is 3.54. The molecule has 2 aromatic carbocycles. The summed E-state index contributed by atoms with van der Waals surface area (Å²) in [7, 11) is 0. The van der Waals surface area contributed by atoms with Crippen LogP contribution in [0.3, 0.4) is 0 Å². The van der Waals surface area contributed by atoms with Gasteiger partial charge in [-0.3, -0.25) is 4.79 Å². The molecule has 0 heterocycles. The van der Waals surface area contributed by atoms with Crippen molar-refractivity contribution in [3.8, 4) is 5.75 Å². The largest absolute Gasteiger partial charge is 0.487 e. The second kappa shape index (κ2) is 6.31. The number of carbonyl (C=O) groups is 1. The van der Waals surface area contributed by atoms with Gasteiger partial charge in [0.05, 0.1) is 5.69 Å². The van der Waals surface area contributed by atoms with Crippen LogP contribution in [0.2, 0.25) is 0 Å². The molecule has 0 aliphatic carbocycles. The first kappa shape index (κ1) is 14.9. The number of nitrogens with two attached hydrogens (primary N) is 2. The number of nitrogen functional groups attached to an aromatic ring is 1. The van der Waals surface area contributed by atoms with Gasteiger partial charge in [-0.2, -0.15) is 0 Å². The number of primary amides is 1. The predicted molar refractivity (Wildman–Crippen MR) is 84.3 cm³/mol. The normalized spacial score (nSPS) is 10.4. The third-order valence-corrected chi connectivity index (χ3v) is 3.49. The number of aryl methyl sites for hydroxylation is 2. The van der Waals surface area contributed by atoms with E-state index < -0.39 is 5.91 Å². The van der Waals surface area contributed by atoms with E-state index in [0.717, 1.165) is 17.5 Å². The molecule has 0 aliphatic heterocycles. The molecule has 0 atom stereocenters. The summed E-state index contributed by atoms with van der Waals surface area (Å²) in [6.07, 6.45) is 0.943. The van der Waals surface area contributed by atoms with Crippen LogP contribution in [0.5, 0.6) is 5.75 Å². The lowest BCUT2D eigenvalue weighted by atomic mass is 10.1. The van der Waals surface area contributed by atoms with Gasteiger partial charge in [-0.1, -0.05) is 19.1 Å². The first-order valence-electron chi connectivity index (χ1n) is 6.91. The van der Waals surface area contributed by atoms with E-state index in [0.29, 0.717) is 23.6 Å². The summed E-state index contributed by atoms with van der Waals surface area (Å²) < 4.78 is 5.76. The number of rotatable bonds is 5. The minimum Gasteiger partial charge on any atom is -0.487 e. The molecule has 21 heavy (non-hydrogen) atoms. The molecule has 1 amide bonds. The quantitative estimate of drug-likeness (QED) is 0.829. The Balaban J connectivity index is 2.11. The summed E-state index contributed by atoms with van der Waals surface area (Å²) in [5.74, 6) is 0.246.